The average molecular weight is 457 g/mol. The van der Waals surface area contributed by atoms with Crippen molar-refractivity contribution in [2.45, 2.75) is 57.9 Å². The molecule has 0 spiro atoms. The molecular formula is C24H32N4O5. The smallest absolute Gasteiger partial charge is 0.313 e. The second kappa shape index (κ2) is 11.0. The first kappa shape index (κ1) is 24.3. The summed E-state index contributed by atoms with van der Waals surface area (Å²) in [4.78, 5) is 41.3. The fourth-order valence-electron chi connectivity index (χ4n) is 3.91. The number of hydrogen-bond acceptors (Lipinski definition) is 6. The van der Waals surface area contributed by atoms with E-state index in [1.54, 1.807) is 38.2 Å². The van der Waals surface area contributed by atoms with Gasteiger partial charge in [-0.25, -0.2) is 4.98 Å². The van der Waals surface area contributed by atoms with Crippen molar-refractivity contribution in [3.05, 3.63) is 30.8 Å². The molecule has 9 heteroatoms. The van der Waals surface area contributed by atoms with Crippen LogP contribution in [0.3, 0.4) is 0 Å². The van der Waals surface area contributed by atoms with Crippen molar-refractivity contribution < 1.29 is 23.5 Å². The number of benzene rings is 1. The highest BCUT2D eigenvalue weighted by atomic mass is 16.5. The van der Waals surface area contributed by atoms with E-state index >= 15 is 0 Å². The van der Waals surface area contributed by atoms with Crippen LogP contribution in [-0.4, -0.2) is 41.9 Å². The Labute approximate surface area is 193 Å². The Morgan fingerprint density at radius 1 is 1.12 bits per heavy atom. The Balaban J connectivity index is 1.53. The minimum atomic E-state index is -0.812. The minimum absolute atomic E-state index is 0.0163. The SMILES string of the molecule is COc1cc(NC(=O)C(=O)NC(C)(C)CNC(=O)C2CCCCCC2)ccc1-c1cnco1. The van der Waals surface area contributed by atoms with E-state index in [1.807, 2.05) is 0 Å². The monoisotopic (exact) mass is 456 g/mol. The van der Waals surface area contributed by atoms with Crippen LogP contribution in [0.15, 0.2) is 35.2 Å². The normalized spacial score (nSPS) is 14.8. The lowest BCUT2D eigenvalue weighted by atomic mass is 9.98. The van der Waals surface area contributed by atoms with Crippen LogP contribution < -0.4 is 20.7 Å². The average Bonchev–Trinajstić information content (AvgIpc) is 3.18. The van der Waals surface area contributed by atoms with E-state index in [9.17, 15) is 14.4 Å². The number of carbonyl (C=O) groups is 3. The van der Waals surface area contributed by atoms with Gasteiger partial charge < -0.3 is 25.1 Å². The quantitative estimate of drug-likeness (QED) is 0.434. The highest BCUT2D eigenvalue weighted by Gasteiger charge is 2.27. The Kier molecular flexibility index (Phi) is 8.08. The first-order valence-corrected chi connectivity index (χ1v) is 11.3. The Hall–Kier alpha value is -3.36. The van der Waals surface area contributed by atoms with E-state index in [1.165, 1.54) is 26.3 Å². The van der Waals surface area contributed by atoms with Gasteiger partial charge in [-0.1, -0.05) is 25.7 Å². The largest absolute Gasteiger partial charge is 0.496 e. The second-order valence-electron chi connectivity index (χ2n) is 8.98. The highest BCUT2D eigenvalue weighted by molar-refractivity contribution is 6.39. The van der Waals surface area contributed by atoms with Gasteiger partial charge in [-0.3, -0.25) is 14.4 Å². The van der Waals surface area contributed by atoms with E-state index < -0.39 is 17.4 Å². The molecule has 0 aliphatic heterocycles. The van der Waals surface area contributed by atoms with Crippen LogP contribution in [0.4, 0.5) is 5.69 Å². The number of carbonyl (C=O) groups excluding carboxylic acids is 3. The van der Waals surface area contributed by atoms with E-state index in [4.69, 9.17) is 9.15 Å². The topological polar surface area (TPSA) is 123 Å². The maximum Gasteiger partial charge on any atom is 0.313 e. The molecule has 0 saturated heterocycles. The van der Waals surface area contributed by atoms with Crippen molar-refractivity contribution >= 4 is 23.4 Å². The number of anilines is 1. The maximum absolute atomic E-state index is 12.5. The van der Waals surface area contributed by atoms with Crippen molar-refractivity contribution in [1.29, 1.82) is 0 Å². The number of amides is 3. The summed E-state index contributed by atoms with van der Waals surface area (Å²) in [7, 11) is 1.50. The molecule has 0 radical (unpaired) electrons. The third-order valence-electron chi connectivity index (χ3n) is 5.75. The number of nitrogens with one attached hydrogen (secondary N) is 3. The van der Waals surface area contributed by atoms with E-state index in [-0.39, 0.29) is 18.4 Å². The van der Waals surface area contributed by atoms with Crippen LogP contribution in [-0.2, 0) is 14.4 Å². The van der Waals surface area contributed by atoms with Crippen LogP contribution >= 0.6 is 0 Å². The zero-order valence-corrected chi connectivity index (χ0v) is 19.4. The summed E-state index contributed by atoms with van der Waals surface area (Å²) < 4.78 is 10.7. The van der Waals surface area contributed by atoms with Crippen LogP contribution in [0.2, 0.25) is 0 Å². The summed E-state index contributed by atoms with van der Waals surface area (Å²) in [5.74, 6) is -0.573. The first-order chi connectivity index (χ1) is 15.8. The van der Waals surface area contributed by atoms with Crippen molar-refractivity contribution in [3.8, 4) is 17.1 Å². The zero-order valence-electron chi connectivity index (χ0n) is 19.4. The molecule has 1 heterocycles. The van der Waals surface area contributed by atoms with Crippen LogP contribution in [0.5, 0.6) is 5.75 Å². The summed E-state index contributed by atoms with van der Waals surface area (Å²) in [6.45, 7) is 3.77. The summed E-state index contributed by atoms with van der Waals surface area (Å²) in [6, 6.07) is 4.95. The number of methoxy groups -OCH3 is 1. The van der Waals surface area contributed by atoms with E-state index in [0.29, 0.717) is 22.8 Å². The number of aromatic nitrogens is 1. The maximum atomic E-state index is 12.5. The lowest BCUT2D eigenvalue weighted by molar-refractivity contribution is -0.137. The summed E-state index contributed by atoms with van der Waals surface area (Å²) in [5, 5.41) is 8.19. The van der Waals surface area contributed by atoms with Gasteiger partial charge in [0, 0.05) is 24.2 Å². The molecule has 33 heavy (non-hydrogen) atoms. The van der Waals surface area contributed by atoms with Gasteiger partial charge >= 0.3 is 11.8 Å². The fourth-order valence-corrected chi connectivity index (χ4v) is 3.91. The molecule has 3 N–H and O–H groups in total. The number of hydrogen-bond donors (Lipinski definition) is 3. The Bertz CT molecular complexity index is 963. The van der Waals surface area contributed by atoms with Crippen molar-refractivity contribution in [1.82, 2.24) is 15.6 Å². The molecule has 178 valence electrons. The number of nitrogens with zero attached hydrogens (tertiary/aromatic N) is 1. The molecule has 1 saturated carbocycles. The van der Waals surface area contributed by atoms with Gasteiger partial charge in [0.1, 0.15) is 5.75 Å². The Morgan fingerprint density at radius 3 is 2.48 bits per heavy atom. The molecule has 0 atom stereocenters. The van der Waals surface area contributed by atoms with E-state index in [0.717, 1.165) is 25.7 Å². The van der Waals surface area contributed by atoms with Crippen molar-refractivity contribution in [2.24, 2.45) is 5.92 Å². The lowest BCUT2D eigenvalue weighted by Gasteiger charge is -2.27. The van der Waals surface area contributed by atoms with Gasteiger partial charge in [0.25, 0.3) is 0 Å². The number of ether oxygens (including phenoxy) is 1. The van der Waals surface area contributed by atoms with Gasteiger partial charge in [0.15, 0.2) is 12.2 Å². The third kappa shape index (κ3) is 6.81. The summed E-state index contributed by atoms with van der Waals surface area (Å²) >= 11 is 0. The summed E-state index contributed by atoms with van der Waals surface area (Å²) in [5.41, 5.74) is 0.278. The number of oxazole rings is 1. The Morgan fingerprint density at radius 2 is 1.85 bits per heavy atom. The predicted molar refractivity (Wildman–Crippen MR) is 124 cm³/mol. The van der Waals surface area contributed by atoms with Gasteiger partial charge in [-0.15, -0.1) is 0 Å². The number of rotatable bonds is 7. The third-order valence-corrected chi connectivity index (χ3v) is 5.75. The van der Waals surface area contributed by atoms with Crippen molar-refractivity contribution in [2.75, 3.05) is 19.0 Å². The predicted octanol–water partition coefficient (Wildman–Crippen LogP) is 3.27. The van der Waals surface area contributed by atoms with Crippen molar-refractivity contribution in [3.63, 3.8) is 0 Å². The molecule has 2 aromatic rings. The molecule has 1 aromatic heterocycles. The molecule has 1 aromatic carbocycles. The summed E-state index contributed by atoms with van der Waals surface area (Å²) in [6.07, 6.45) is 9.17. The molecule has 0 bridgehead atoms. The molecule has 3 rings (SSSR count). The first-order valence-electron chi connectivity index (χ1n) is 11.3. The van der Waals surface area contributed by atoms with Crippen LogP contribution in [0, 0.1) is 5.92 Å². The van der Waals surface area contributed by atoms with Gasteiger partial charge in [-0.05, 0) is 38.8 Å². The van der Waals surface area contributed by atoms with Gasteiger partial charge in [0.2, 0.25) is 5.91 Å². The van der Waals surface area contributed by atoms with Crippen LogP contribution in [0.1, 0.15) is 52.4 Å². The lowest BCUT2D eigenvalue weighted by Crippen LogP contribution is -2.54. The molecule has 3 amide bonds. The van der Waals surface area contributed by atoms with Gasteiger partial charge in [0.05, 0.1) is 24.4 Å². The molecule has 0 unspecified atom stereocenters. The molecular weight excluding hydrogens is 424 g/mol. The van der Waals surface area contributed by atoms with Crippen LogP contribution in [0.25, 0.3) is 11.3 Å². The zero-order chi connectivity index (χ0) is 23.8. The molecule has 9 nitrogen and oxygen atoms in total. The second-order valence-corrected chi connectivity index (χ2v) is 8.98. The molecule has 1 aliphatic carbocycles. The standard InChI is InChI=1S/C24H32N4O5/c1-24(2,14-26-21(29)16-8-6-4-5-7-9-16)28-23(31)22(30)27-17-10-11-18(19(12-17)32-3)20-13-25-15-33-20/h10-13,15-16H,4-9,14H2,1-3H3,(H,26,29)(H,27,30)(H,28,31). The van der Waals surface area contributed by atoms with E-state index in [2.05, 4.69) is 20.9 Å². The fraction of sp³-hybridized carbons (Fsp3) is 0.500. The molecule has 1 fully saturated rings. The highest BCUT2D eigenvalue weighted by Crippen LogP contribution is 2.32. The molecule has 1 aliphatic rings. The van der Waals surface area contributed by atoms with Gasteiger partial charge in [-0.2, -0.15) is 0 Å². The minimum Gasteiger partial charge on any atom is -0.496 e.